The third kappa shape index (κ3) is 3.80. The first-order valence-electron chi connectivity index (χ1n) is 6.83. The van der Waals surface area contributed by atoms with E-state index in [1.807, 2.05) is 0 Å². The van der Waals surface area contributed by atoms with Crippen LogP contribution in [0.4, 0.5) is 0 Å². The Bertz CT molecular complexity index is 298. The second-order valence-electron chi connectivity index (χ2n) is 5.56. The minimum absolute atomic E-state index is 0.117. The van der Waals surface area contributed by atoms with Crippen molar-refractivity contribution in [2.24, 2.45) is 11.3 Å². The predicted octanol–water partition coefficient (Wildman–Crippen LogP) is 2.65. The summed E-state index contributed by atoms with van der Waals surface area (Å²) in [7, 11) is 0. The van der Waals surface area contributed by atoms with Crippen LogP contribution in [0.25, 0.3) is 0 Å². The van der Waals surface area contributed by atoms with Crippen LogP contribution in [-0.2, 0) is 14.3 Å². The van der Waals surface area contributed by atoms with E-state index in [4.69, 9.17) is 4.74 Å². The first-order chi connectivity index (χ1) is 8.49. The smallest absolute Gasteiger partial charge is 0.317 e. The van der Waals surface area contributed by atoms with Crippen LogP contribution in [0.2, 0.25) is 0 Å². The first kappa shape index (κ1) is 15.2. The first-order valence-corrected chi connectivity index (χ1v) is 6.83. The van der Waals surface area contributed by atoms with E-state index in [2.05, 4.69) is 13.8 Å². The molecule has 1 atom stereocenters. The van der Waals surface area contributed by atoms with E-state index in [1.165, 1.54) is 0 Å². The van der Waals surface area contributed by atoms with Gasteiger partial charge in [0.1, 0.15) is 11.2 Å². The maximum atomic E-state index is 11.9. The maximum Gasteiger partial charge on any atom is 0.317 e. The lowest BCUT2D eigenvalue weighted by Gasteiger charge is -2.31. The Kier molecular flexibility index (Phi) is 5.79. The molecule has 104 valence electrons. The highest BCUT2D eigenvalue weighted by Gasteiger charge is 2.46. The van der Waals surface area contributed by atoms with Gasteiger partial charge in [-0.05, 0) is 31.6 Å². The molecule has 1 aliphatic carbocycles. The summed E-state index contributed by atoms with van der Waals surface area (Å²) >= 11 is 0. The molecule has 1 N–H and O–H groups in total. The Balaban J connectivity index is 2.43. The van der Waals surface area contributed by atoms with Crippen molar-refractivity contribution in [3.05, 3.63) is 0 Å². The molecular formula is C14H24O4. The number of rotatable bonds is 7. The zero-order valence-electron chi connectivity index (χ0n) is 11.4. The van der Waals surface area contributed by atoms with Gasteiger partial charge in [0.2, 0.25) is 0 Å². The van der Waals surface area contributed by atoms with Gasteiger partial charge in [0.25, 0.3) is 0 Å². The lowest BCUT2D eigenvalue weighted by atomic mass is 9.71. The van der Waals surface area contributed by atoms with Crippen LogP contribution in [0, 0.1) is 11.3 Å². The lowest BCUT2D eigenvalue weighted by molar-refractivity contribution is -0.158. The normalized spacial score (nSPS) is 24.5. The monoisotopic (exact) mass is 256 g/mol. The van der Waals surface area contributed by atoms with Crippen molar-refractivity contribution in [2.45, 2.75) is 52.4 Å². The number of hydrogen-bond acceptors (Lipinski definition) is 3. The van der Waals surface area contributed by atoms with Crippen molar-refractivity contribution in [3.8, 4) is 0 Å². The number of carbonyl (C=O) groups excluding carboxylic acids is 1. The van der Waals surface area contributed by atoms with Crippen molar-refractivity contribution in [3.63, 3.8) is 0 Å². The molecule has 0 aliphatic heterocycles. The Morgan fingerprint density at radius 2 is 2.11 bits per heavy atom. The van der Waals surface area contributed by atoms with Gasteiger partial charge in [-0.2, -0.15) is 0 Å². The van der Waals surface area contributed by atoms with Crippen molar-refractivity contribution in [2.75, 3.05) is 13.2 Å². The Morgan fingerprint density at radius 3 is 2.67 bits per heavy atom. The van der Waals surface area contributed by atoms with Crippen molar-refractivity contribution < 1.29 is 19.4 Å². The molecule has 0 heterocycles. The average Bonchev–Trinajstić information content (AvgIpc) is 2.30. The number of carboxylic acid groups (broad SMARTS) is 1. The minimum Gasteiger partial charge on any atom is -0.480 e. The fourth-order valence-electron chi connectivity index (χ4n) is 2.36. The number of ketones is 1. The van der Waals surface area contributed by atoms with Crippen LogP contribution in [0.15, 0.2) is 0 Å². The second kappa shape index (κ2) is 6.88. The highest BCUT2D eigenvalue weighted by atomic mass is 16.5. The third-order valence-electron chi connectivity index (χ3n) is 3.71. The van der Waals surface area contributed by atoms with E-state index in [-0.39, 0.29) is 5.78 Å². The molecule has 0 radical (unpaired) electrons. The Hall–Kier alpha value is -0.900. The zero-order chi connectivity index (χ0) is 13.6. The summed E-state index contributed by atoms with van der Waals surface area (Å²) in [6.45, 7) is 5.24. The summed E-state index contributed by atoms with van der Waals surface area (Å²) in [5.74, 6) is -0.511. The largest absolute Gasteiger partial charge is 0.480 e. The van der Waals surface area contributed by atoms with Crippen LogP contribution < -0.4 is 0 Å². The van der Waals surface area contributed by atoms with E-state index >= 15 is 0 Å². The molecule has 0 aromatic carbocycles. The SMILES string of the molecule is CC(C)CCOCCC1(C(=O)O)CCCCC1=O. The molecule has 1 fully saturated rings. The highest BCUT2D eigenvalue weighted by Crippen LogP contribution is 2.36. The van der Waals surface area contributed by atoms with E-state index in [9.17, 15) is 14.7 Å². The summed E-state index contributed by atoms with van der Waals surface area (Å²) < 4.78 is 5.46. The van der Waals surface area contributed by atoms with Gasteiger partial charge < -0.3 is 9.84 Å². The van der Waals surface area contributed by atoms with Crippen LogP contribution in [-0.4, -0.2) is 30.1 Å². The average molecular weight is 256 g/mol. The standard InChI is InChI=1S/C14H24O4/c1-11(2)6-9-18-10-8-14(13(16)17)7-4-3-5-12(14)15/h11H,3-10H2,1-2H3,(H,16,17). The highest BCUT2D eigenvalue weighted by molar-refractivity contribution is 6.03. The van der Waals surface area contributed by atoms with Crippen molar-refractivity contribution >= 4 is 11.8 Å². The summed E-state index contributed by atoms with van der Waals surface area (Å²) in [6.07, 6.45) is 3.80. The van der Waals surface area contributed by atoms with E-state index in [0.717, 1.165) is 19.3 Å². The number of Topliss-reactive ketones (excluding diaryl/α,β-unsaturated/α-hetero) is 1. The molecule has 1 aliphatic rings. The molecule has 0 saturated heterocycles. The summed E-state index contributed by atoms with van der Waals surface area (Å²) in [5, 5.41) is 9.33. The van der Waals surface area contributed by atoms with Gasteiger partial charge in [-0.1, -0.05) is 20.3 Å². The maximum absolute atomic E-state index is 11.9. The topological polar surface area (TPSA) is 63.6 Å². The number of hydrogen-bond donors (Lipinski definition) is 1. The summed E-state index contributed by atoms with van der Waals surface area (Å²) in [6, 6.07) is 0. The molecule has 1 rings (SSSR count). The van der Waals surface area contributed by atoms with E-state index in [1.54, 1.807) is 0 Å². The molecule has 4 nitrogen and oxygen atoms in total. The zero-order valence-corrected chi connectivity index (χ0v) is 11.4. The van der Waals surface area contributed by atoms with Crippen LogP contribution >= 0.6 is 0 Å². The number of aliphatic carboxylic acids is 1. The Morgan fingerprint density at radius 1 is 1.39 bits per heavy atom. The van der Waals surface area contributed by atoms with Gasteiger partial charge in [0.15, 0.2) is 0 Å². The van der Waals surface area contributed by atoms with Gasteiger partial charge in [-0.3, -0.25) is 9.59 Å². The van der Waals surface area contributed by atoms with Crippen molar-refractivity contribution in [1.29, 1.82) is 0 Å². The third-order valence-corrected chi connectivity index (χ3v) is 3.71. The van der Waals surface area contributed by atoms with Crippen LogP contribution in [0.3, 0.4) is 0 Å². The molecule has 0 spiro atoms. The molecule has 0 amide bonds. The molecule has 0 aromatic rings. The summed E-state index contributed by atoms with van der Waals surface area (Å²) in [5.41, 5.74) is -1.17. The fourth-order valence-corrected chi connectivity index (χ4v) is 2.36. The fraction of sp³-hybridized carbons (Fsp3) is 0.857. The molecule has 0 aromatic heterocycles. The van der Waals surface area contributed by atoms with Gasteiger partial charge in [-0.15, -0.1) is 0 Å². The predicted molar refractivity (Wildman–Crippen MR) is 68.4 cm³/mol. The molecule has 4 heteroatoms. The lowest BCUT2D eigenvalue weighted by Crippen LogP contribution is -2.42. The number of ether oxygens (including phenoxy) is 1. The molecule has 18 heavy (non-hydrogen) atoms. The van der Waals surface area contributed by atoms with E-state index in [0.29, 0.717) is 38.4 Å². The second-order valence-corrected chi connectivity index (χ2v) is 5.56. The molecule has 1 saturated carbocycles. The quantitative estimate of drug-likeness (QED) is 0.562. The Labute approximate surface area is 109 Å². The minimum atomic E-state index is -1.17. The van der Waals surface area contributed by atoms with Crippen molar-refractivity contribution in [1.82, 2.24) is 0 Å². The molecular weight excluding hydrogens is 232 g/mol. The van der Waals surface area contributed by atoms with Gasteiger partial charge >= 0.3 is 5.97 Å². The number of carbonyl (C=O) groups is 2. The van der Waals surface area contributed by atoms with Crippen LogP contribution in [0.5, 0.6) is 0 Å². The van der Waals surface area contributed by atoms with E-state index < -0.39 is 11.4 Å². The molecule has 0 bridgehead atoms. The number of carboxylic acids is 1. The van der Waals surface area contributed by atoms with Crippen LogP contribution in [0.1, 0.15) is 52.4 Å². The van der Waals surface area contributed by atoms with Gasteiger partial charge in [0, 0.05) is 19.6 Å². The summed E-state index contributed by atoms with van der Waals surface area (Å²) in [4.78, 5) is 23.3. The van der Waals surface area contributed by atoms with Gasteiger partial charge in [-0.25, -0.2) is 0 Å². The van der Waals surface area contributed by atoms with Gasteiger partial charge in [0.05, 0.1) is 0 Å². The molecule has 1 unspecified atom stereocenters.